The Morgan fingerprint density at radius 1 is 0.929 bits per heavy atom. The van der Waals surface area contributed by atoms with Gasteiger partial charge in [-0.15, -0.1) is 0 Å². The highest BCUT2D eigenvalue weighted by Crippen LogP contribution is 2.27. The summed E-state index contributed by atoms with van der Waals surface area (Å²) in [6.45, 7) is 0.613. The number of aromatic nitrogens is 1. The molecule has 0 saturated carbocycles. The van der Waals surface area contributed by atoms with E-state index in [1.807, 2.05) is 54.6 Å². The minimum atomic E-state index is -0.0928. The van der Waals surface area contributed by atoms with Gasteiger partial charge in [-0.2, -0.15) is 0 Å². The Hall–Kier alpha value is -3.54. The lowest BCUT2D eigenvalue weighted by molar-refractivity contribution is -0.115. The van der Waals surface area contributed by atoms with Crippen LogP contribution in [0, 0.1) is 0 Å². The second kappa shape index (κ2) is 9.41. The number of nitrogens with one attached hydrogen (secondary N) is 2. The summed E-state index contributed by atoms with van der Waals surface area (Å²) in [6, 6.07) is 19.0. The summed E-state index contributed by atoms with van der Waals surface area (Å²) in [5.41, 5.74) is 2.88. The third-order valence-electron chi connectivity index (χ3n) is 4.18. The molecule has 1 heterocycles. The van der Waals surface area contributed by atoms with Crippen LogP contribution < -0.4 is 20.1 Å². The largest absolute Gasteiger partial charge is 0.493 e. The number of amides is 1. The van der Waals surface area contributed by atoms with Gasteiger partial charge in [-0.1, -0.05) is 36.4 Å². The average Bonchev–Trinajstić information content (AvgIpc) is 2.73. The first-order valence-corrected chi connectivity index (χ1v) is 8.92. The smallest absolute Gasteiger partial charge is 0.229 e. The normalized spacial score (nSPS) is 10.2. The summed E-state index contributed by atoms with van der Waals surface area (Å²) in [4.78, 5) is 16.4. The molecule has 3 rings (SSSR count). The lowest BCUT2D eigenvalue weighted by Crippen LogP contribution is -2.15. The maximum atomic E-state index is 12.1. The highest BCUT2D eigenvalue weighted by molar-refractivity contribution is 5.91. The van der Waals surface area contributed by atoms with Crippen molar-refractivity contribution in [3.8, 4) is 11.5 Å². The molecule has 0 fully saturated rings. The SMILES string of the molecule is COc1ccc(CNc2ccc(NC(=O)Cc3ccccc3)nc2)cc1OC. The van der Waals surface area contributed by atoms with E-state index in [0.717, 1.165) is 16.8 Å². The van der Waals surface area contributed by atoms with Gasteiger partial charge in [0.15, 0.2) is 11.5 Å². The van der Waals surface area contributed by atoms with Crippen molar-refractivity contribution in [2.45, 2.75) is 13.0 Å². The molecular formula is C22H23N3O3. The Kier molecular flexibility index (Phi) is 6.46. The van der Waals surface area contributed by atoms with E-state index < -0.39 is 0 Å². The molecule has 0 unspecified atom stereocenters. The molecule has 144 valence electrons. The van der Waals surface area contributed by atoms with E-state index in [1.165, 1.54) is 0 Å². The van der Waals surface area contributed by atoms with Crippen LogP contribution in [-0.2, 0) is 17.8 Å². The van der Waals surface area contributed by atoms with E-state index in [0.29, 0.717) is 30.3 Å². The summed E-state index contributed by atoms with van der Waals surface area (Å²) in [5, 5.41) is 6.11. The van der Waals surface area contributed by atoms with E-state index in [1.54, 1.807) is 26.5 Å². The summed E-state index contributed by atoms with van der Waals surface area (Å²) in [6.07, 6.45) is 2.01. The lowest BCUT2D eigenvalue weighted by Gasteiger charge is -2.11. The van der Waals surface area contributed by atoms with Crippen LogP contribution in [0.3, 0.4) is 0 Å². The Morgan fingerprint density at radius 2 is 1.71 bits per heavy atom. The number of pyridine rings is 1. The van der Waals surface area contributed by atoms with Gasteiger partial charge in [0, 0.05) is 6.54 Å². The van der Waals surface area contributed by atoms with Crippen LogP contribution in [0.25, 0.3) is 0 Å². The number of hydrogen-bond donors (Lipinski definition) is 2. The van der Waals surface area contributed by atoms with Crippen LogP contribution in [0.1, 0.15) is 11.1 Å². The van der Waals surface area contributed by atoms with Gasteiger partial charge in [-0.3, -0.25) is 4.79 Å². The molecule has 3 aromatic rings. The topological polar surface area (TPSA) is 72.5 Å². The predicted octanol–water partition coefficient (Wildman–Crippen LogP) is 3.89. The molecule has 1 amide bonds. The number of benzene rings is 2. The van der Waals surface area contributed by atoms with Crippen molar-refractivity contribution in [1.82, 2.24) is 4.98 Å². The van der Waals surface area contributed by atoms with Gasteiger partial charge in [0.25, 0.3) is 0 Å². The molecule has 0 radical (unpaired) electrons. The van der Waals surface area contributed by atoms with Crippen molar-refractivity contribution in [3.05, 3.63) is 78.0 Å². The van der Waals surface area contributed by atoms with E-state index >= 15 is 0 Å². The average molecular weight is 377 g/mol. The number of carbonyl (C=O) groups is 1. The summed E-state index contributed by atoms with van der Waals surface area (Å²) >= 11 is 0. The van der Waals surface area contributed by atoms with Crippen LogP contribution in [0.2, 0.25) is 0 Å². The molecule has 6 heteroatoms. The fourth-order valence-electron chi connectivity index (χ4n) is 2.74. The number of methoxy groups -OCH3 is 2. The monoisotopic (exact) mass is 377 g/mol. The third-order valence-corrected chi connectivity index (χ3v) is 4.18. The van der Waals surface area contributed by atoms with Crippen molar-refractivity contribution in [1.29, 1.82) is 0 Å². The number of rotatable bonds is 8. The Balaban J connectivity index is 1.54. The minimum absolute atomic E-state index is 0.0928. The molecule has 2 aromatic carbocycles. The molecule has 0 atom stereocenters. The van der Waals surface area contributed by atoms with Crippen LogP contribution in [0.4, 0.5) is 11.5 Å². The van der Waals surface area contributed by atoms with Gasteiger partial charge in [0.2, 0.25) is 5.91 Å². The van der Waals surface area contributed by atoms with Crippen molar-refractivity contribution >= 4 is 17.4 Å². The van der Waals surface area contributed by atoms with E-state index in [-0.39, 0.29) is 5.91 Å². The quantitative estimate of drug-likeness (QED) is 0.623. The predicted molar refractivity (Wildman–Crippen MR) is 110 cm³/mol. The van der Waals surface area contributed by atoms with Gasteiger partial charge >= 0.3 is 0 Å². The molecule has 0 aliphatic heterocycles. The van der Waals surface area contributed by atoms with Crippen molar-refractivity contribution < 1.29 is 14.3 Å². The summed E-state index contributed by atoms with van der Waals surface area (Å²) in [5.74, 6) is 1.82. The second-order valence-corrected chi connectivity index (χ2v) is 6.19. The van der Waals surface area contributed by atoms with Gasteiger partial charge < -0.3 is 20.1 Å². The van der Waals surface area contributed by atoms with Crippen LogP contribution >= 0.6 is 0 Å². The van der Waals surface area contributed by atoms with E-state index in [2.05, 4.69) is 15.6 Å². The zero-order valence-corrected chi connectivity index (χ0v) is 15.9. The minimum Gasteiger partial charge on any atom is -0.493 e. The molecule has 0 bridgehead atoms. The van der Waals surface area contributed by atoms with Crippen molar-refractivity contribution in [2.75, 3.05) is 24.9 Å². The molecule has 0 saturated heterocycles. The second-order valence-electron chi connectivity index (χ2n) is 6.19. The first-order valence-electron chi connectivity index (χ1n) is 8.92. The Labute approximate surface area is 164 Å². The number of carbonyl (C=O) groups excluding carboxylic acids is 1. The first-order chi connectivity index (χ1) is 13.7. The zero-order valence-electron chi connectivity index (χ0n) is 15.9. The lowest BCUT2D eigenvalue weighted by atomic mass is 10.1. The molecule has 6 nitrogen and oxygen atoms in total. The number of anilines is 2. The van der Waals surface area contributed by atoms with Gasteiger partial charge in [0.05, 0.1) is 32.5 Å². The highest BCUT2D eigenvalue weighted by atomic mass is 16.5. The fourth-order valence-corrected chi connectivity index (χ4v) is 2.74. The highest BCUT2D eigenvalue weighted by Gasteiger charge is 2.06. The number of hydrogen-bond acceptors (Lipinski definition) is 5. The van der Waals surface area contributed by atoms with Crippen molar-refractivity contribution in [3.63, 3.8) is 0 Å². The molecule has 28 heavy (non-hydrogen) atoms. The molecule has 2 N–H and O–H groups in total. The van der Waals surface area contributed by atoms with Gasteiger partial charge in [0.1, 0.15) is 5.82 Å². The Bertz CT molecular complexity index is 912. The molecule has 0 aliphatic carbocycles. The molecule has 0 aliphatic rings. The maximum Gasteiger partial charge on any atom is 0.229 e. The van der Waals surface area contributed by atoms with E-state index in [4.69, 9.17) is 9.47 Å². The summed E-state index contributed by atoms with van der Waals surface area (Å²) in [7, 11) is 3.23. The standard InChI is InChI=1S/C22H23N3O3/c1-27-19-10-8-17(12-20(19)28-2)14-23-18-9-11-21(24-15-18)25-22(26)13-16-6-4-3-5-7-16/h3-12,15,23H,13-14H2,1-2H3,(H,24,25,26). The number of ether oxygens (including phenoxy) is 2. The van der Waals surface area contributed by atoms with Gasteiger partial charge in [-0.25, -0.2) is 4.98 Å². The fraction of sp³-hybridized carbons (Fsp3) is 0.182. The molecular weight excluding hydrogens is 354 g/mol. The van der Waals surface area contributed by atoms with Crippen LogP contribution in [-0.4, -0.2) is 25.1 Å². The van der Waals surface area contributed by atoms with E-state index in [9.17, 15) is 4.79 Å². The molecule has 1 aromatic heterocycles. The Morgan fingerprint density at radius 3 is 2.39 bits per heavy atom. The maximum absolute atomic E-state index is 12.1. The van der Waals surface area contributed by atoms with Gasteiger partial charge in [-0.05, 0) is 35.4 Å². The number of nitrogens with zero attached hydrogens (tertiary/aromatic N) is 1. The third kappa shape index (κ3) is 5.23. The van der Waals surface area contributed by atoms with Crippen LogP contribution in [0.5, 0.6) is 11.5 Å². The van der Waals surface area contributed by atoms with Crippen molar-refractivity contribution in [2.24, 2.45) is 0 Å². The summed E-state index contributed by atoms with van der Waals surface area (Å²) < 4.78 is 10.6. The zero-order chi connectivity index (χ0) is 19.8. The molecule has 0 spiro atoms. The van der Waals surface area contributed by atoms with Crippen LogP contribution in [0.15, 0.2) is 66.9 Å². The first kappa shape index (κ1) is 19.2.